The lowest BCUT2D eigenvalue weighted by molar-refractivity contribution is 0.572. The van der Waals surface area contributed by atoms with E-state index in [1.54, 1.807) is 48.5 Å². The molecule has 0 fully saturated rings. The van der Waals surface area contributed by atoms with E-state index in [1.807, 2.05) is 154 Å². The number of hydrogen-bond donors (Lipinski definition) is 0. The van der Waals surface area contributed by atoms with E-state index in [9.17, 15) is 30.7 Å². The molecule has 12 aromatic carbocycles. The zero-order valence-electron chi connectivity index (χ0n) is 65.5. The van der Waals surface area contributed by atoms with Crippen LogP contribution in [0.1, 0.15) is 133 Å². The third-order valence-electron chi connectivity index (χ3n) is 16.3. The monoisotopic (exact) mass is 1690 g/mol. The van der Waals surface area contributed by atoms with Crippen LogP contribution in [-0.4, -0.2) is 31.0 Å². The smallest absolute Gasteiger partial charge is 0.153 e. The van der Waals surface area contributed by atoms with Gasteiger partial charge >= 0.3 is 0 Å². The summed E-state index contributed by atoms with van der Waals surface area (Å²) >= 11 is 26.7. The zero-order valence-corrected chi connectivity index (χ0v) is 70.4. The Balaban J connectivity index is 0.000000199. The Morgan fingerprint density at radius 1 is 0.233 bits per heavy atom. The second kappa shape index (κ2) is 51.4. The molecule has 6 nitrogen and oxygen atoms in total. The van der Waals surface area contributed by atoms with Gasteiger partial charge in [-0.25, -0.2) is 30.7 Å². The predicted molar refractivity (Wildman–Crippen MR) is 493 cm³/mol. The maximum Gasteiger partial charge on any atom is 0.153 e. The number of benzene rings is 12. The number of unbranched alkanes of at least 4 members (excludes halogenated alkanes) is 1. The van der Waals surface area contributed by atoms with Crippen molar-refractivity contribution in [3.8, 4) is 71.0 Å². The van der Waals surface area contributed by atoms with Gasteiger partial charge in [0.1, 0.15) is 34.4 Å². The van der Waals surface area contributed by atoms with E-state index in [1.165, 1.54) is 64.7 Å². The zero-order chi connectivity index (χ0) is 86.4. The molecular formula is C101H69F7N6S6. The van der Waals surface area contributed by atoms with Crippen LogP contribution in [0, 0.1) is 139 Å². The van der Waals surface area contributed by atoms with Crippen LogP contribution < -0.4 is 0 Å². The minimum absolute atomic E-state index is 0.177. The molecule has 12 aromatic rings. The predicted octanol–water partition coefficient (Wildman–Crippen LogP) is 27.4. The Bertz CT molecular complexity index is 6150. The van der Waals surface area contributed by atoms with Crippen molar-refractivity contribution >= 4 is 138 Å². The van der Waals surface area contributed by atoms with Crippen LogP contribution in [0.15, 0.2) is 279 Å². The average Bonchev–Trinajstić information content (AvgIpc) is 0.836. The maximum atomic E-state index is 14.0. The highest BCUT2D eigenvalue weighted by atomic mass is 32.1. The summed E-state index contributed by atoms with van der Waals surface area (Å²) in [5.74, 6) is 30.7. The summed E-state index contributed by atoms with van der Waals surface area (Å²) in [4.78, 5) is 21.9. The summed E-state index contributed by atoms with van der Waals surface area (Å²) in [6.45, 7) is 12.3. The minimum atomic E-state index is -0.810. The van der Waals surface area contributed by atoms with Gasteiger partial charge in [-0.2, -0.15) is 30.0 Å². The van der Waals surface area contributed by atoms with Gasteiger partial charge in [-0.1, -0.05) is 181 Å². The minimum Gasteiger partial charge on any atom is -0.206 e. The van der Waals surface area contributed by atoms with Gasteiger partial charge in [0.15, 0.2) is 29.1 Å². The van der Waals surface area contributed by atoms with Crippen LogP contribution in [-0.2, 0) is 12.8 Å². The first-order valence-electron chi connectivity index (χ1n) is 36.6. The molecule has 0 saturated heterocycles. The molecule has 0 radical (unpaired) electrons. The van der Waals surface area contributed by atoms with E-state index in [0.717, 1.165) is 82.4 Å². The first-order valence-corrected chi connectivity index (χ1v) is 39.1. The molecule has 0 bridgehead atoms. The van der Waals surface area contributed by atoms with E-state index in [2.05, 4.69) is 238 Å². The lowest BCUT2D eigenvalue weighted by Gasteiger charge is -2.03. The number of aliphatic imine (C=N–C) groups is 6. The second-order valence-electron chi connectivity index (χ2n) is 25.5. The van der Waals surface area contributed by atoms with E-state index in [-0.39, 0.29) is 28.2 Å². The Morgan fingerprint density at radius 3 is 0.775 bits per heavy atom. The molecule has 0 aliphatic heterocycles. The van der Waals surface area contributed by atoms with Crippen LogP contribution in [0.25, 0.3) is 0 Å². The summed E-state index contributed by atoms with van der Waals surface area (Å²) in [6.07, 6.45) is 4.75. The number of halogens is 7. The van der Waals surface area contributed by atoms with Crippen molar-refractivity contribution in [3.63, 3.8) is 0 Å². The van der Waals surface area contributed by atoms with E-state index < -0.39 is 46.4 Å². The van der Waals surface area contributed by atoms with Gasteiger partial charge in [-0.05, 0) is 319 Å². The molecule has 0 unspecified atom stereocenters. The third kappa shape index (κ3) is 33.5. The van der Waals surface area contributed by atoms with Crippen molar-refractivity contribution in [1.82, 2.24) is 0 Å². The Labute approximate surface area is 727 Å². The van der Waals surface area contributed by atoms with Gasteiger partial charge in [0.25, 0.3) is 0 Å². The van der Waals surface area contributed by atoms with Crippen molar-refractivity contribution in [2.75, 3.05) is 0 Å². The molecule has 0 saturated carbocycles. The highest BCUT2D eigenvalue weighted by Gasteiger charge is 2.12. The number of rotatable bonds is 11. The summed E-state index contributed by atoms with van der Waals surface area (Å²) in [5, 5.41) is 13.0. The normalized spacial score (nSPS) is 9.31. The number of aryl methyl sites for hydroxylation is 6. The highest BCUT2D eigenvalue weighted by Crippen LogP contribution is 2.26. The van der Waals surface area contributed by atoms with Gasteiger partial charge < -0.3 is 0 Å². The molecule has 0 N–H and O–H groups in total. The fourth-order valence-corrected chi connectivity index (χ4v) is 10.6. The Morgan fingerprint density at radius 2 is 0.492 bits per heavy atom. The van der Waals surface area contributed by atoms with Crippen molar-refractivity contribution < 1.29 is 30.7 Å². The largest absolute Gasteiger partial charge is 0.206 e. The van der Waals surface area contributed by atoms with Gasteiger partial charge in [-0.3, -0.25) is 0 Å². The van der Waals surface area contributed by atoms with Crippen LogP contribution in [0.4, 0.5) is 64.9 Å². The van der Waals surface area contributed by atoms with Crippen molar-refractivity contribution in [2.24, 2.45) is 30.0 Å². The van der Waals surface area contributed by atoms with Gasteiger partial charge in [0.2, 0.25) is 0 Å². The fraction of sp³-hybridized carbons (Fsp3) is 0.109. The average molecular weight is 1690 g/mol. The van der Waals surface area contributed by atoms with Crippen LogP contribution in [0.2, 0.25) is 0 Å². The molecule has 0 aromatic heterocycles. The molecular weight excluding hydrogens is 1620 g/mol. The molecule has 0 aliphatic carbocycles. The van der Waals surface area contributed by atoms with E-state index >= 15 is 0 Å². The maximum absolute atomic E-state index is 14.0. The van der Waals surface area contributed by atoms with Gasteiger partial charge in [-0.15, -0.1) is 0 Å². The summed E-state index contributed by atoms with van der Waals surface area (Å²) in [6, 6.07) is 72.7. The first kappa shape index (κ1) is 93.5. The molecule has 19 heteroatoms. The molecule has 0 atom stereocenters. The Kier molecular flexibility index (Phi) is 40.0. The highest BCUT2D eigenvalue weighted by molar-refractivity contribution is 7.79. The standard InChI is InChI=1S/C19H15F2NS.C18H14FNS.C16H9F2NS.2C16H10FNS.C16H11NS/c1-2-3-4-15-11-18(20)17(19(21)12-15)10-7-14-5-8-16(9-6-14)22-13-23;1-2-3-14-4-6-15(7-5-14)8-9-16-10-11-18(20-13-21)17(19)12-16;1-11-2-4-12(5-3-11)6-7-13-8-14(17)16(19-10-20)15(18)9-13;2*1-12-2-4-13(5-3-12)6-7-14-8-9-16(18-11-19)15(17)10-14;1-13-2-4-14(5-3-13)6-7-15-8-10-16(11-9-15)17-12-18/h5-6,8-9,11-12H,2-4H2,1H3;4-7,10-12H,2-3H2,1H3;2-5,8-9H,1H3;2*2-5,8-10H,1H3;2-5,8-11H,1H3. The van der Waals surface area contributed by atoms with Gasteiger partial charge in [0, 0.05) is 61.2 Å². The lowest BCUT2D eigenvalue weighted by Crippen LogP contribution is -1.95. The molecule has 0 amide bonds. The van der Waals surface area contributed by atoms with Crippen LogP contribution >= 0.6 is 73.3 Å². The van der Waals surface area contributed by atoms with Crippen molar-refractivity contribution in [1.29, 1.82) is 0 Å². The lowest BCUT2D eigenvalue weighted by atomic mass is 10.0. The quantitative estimate of drug-likeness (QED) is 0.0556. The molecule has 0 heterocycles. The summed E-state index contributed by atoms with van der Waals surface area (Å²) < 4.78 is 96.0. The van der Waals surface area contributed by atoms with Crippen molar-refractivity contribution in [2.45, 2.75) is 73.6 Å². The van der Waals surface area contributed by atoms with E-state index in [4.69, 9.17) is 0 Å². The van der Waals surface area contributed by atoms with E-state index in [0.29, 0.717) is 39.9 Å². The first-order chi connectivity index (χ1) is 58.1. The van der Waals surface area contributed by atoms with Crippen molar-refractivity contribution in [3.05, 3.63) is 390 Å². The number of isothiocyanates is 6. The second-order valence-corrected chi connectivity index (χ2v) is 26.6. The number of thiocarbonyl (C=S) groups is 6. The number of nitrogens with zero attached hydrogens (tertiary/aromatic N) is 6. The Hall–Kier alpha value is -13.7. The topological polar surface area (TPSA) is 74.2 Å². The molecule has 588 valence electrons. The molecule has 0 aliphatic rings. The summed E-state index contributed by atoms with van der Waals surface area (Å²) in [7, 11) is 0. The fourth-order valence-electron chi connectivity index (χ4n) is 10.0. The molecule has 12 rings (SSSR count). The third-order valence-corrected chi connectivity index (χ3v) is 16.9. The van der Waals surface area contributed by atoms with Gasteiger partial charge in [0.05, 0.1) is 47.9 Å². The van der Waals surface area contributed by atoms with Crippen LogP contribution in [0.5, 0.6) is 0 Å². The molecule has 120 heavy (non-hydrogen) atoms. The molecule has 0 spiro atoms. The van der Waals surface area contributed by atoms with Crippen LogP contribution in [0.3, 0.4) is 0 Å². The number of hydrogen-bond acceptors (Lipinski definition) is 12. The SMILES string of the molecule is CCCCc1cc(F)c(C#Cc2ccc(N=C=S)cc2)c(F)c1.CCCc1ccc(C#Cc2ccc(N=C=S)c(F)c2)cc1.Cc1ccc(C#Cc2cc(F)c(N=C=S)c(F)c2)cc1.Cc1ccc(C#Cc2ccc(N=C=S)c(F)c2)cc1.Cc1ccc(C#Cc2ccc(N=C=S)c(F)c2)cc1.Cc1ccc(C#Cc2ccc(N=C=S)cc2)cc1. The summed E-state index contributed by atoms with van der Waals surface area (Å²) in [5.41, 5.74) is 16.2.